The molecule has 0 heterocycles. The van der Waals surface area contributed by atoms with Crippen molar-refractivity contribution in [3.63, 3.8) is 0 Å². The first-order valence-electron chi connectivity index (χ1n) is 4.65. The molecule has 0 rings (SSSR count). The van der Waals surface area contributed by atoms with Crippen LogP contribution in [0.1, 0.15) is 20.8 Å². The molecule has 0 aromatic heterocycles. The van der Waals surface area contributed by atoms with E-state index in [2.05, 4.69) is 10.6 Å². The first kappa shape index (κ1) is 12.4. The Hall–Kier alpha value is -0.640. The maximum absolute atomic E-state index is 11.7. The van der Waals surface area contributed by atoms with Gasteiger partial charge in [0.25, 0.3) is 0 Å². The van der Waals surface area contributed by atoms with Crippen LogP contribution in [0.3, 0.4) is 0 Å². The molecule has 0 aliphatic heterocycles. The van der Waals surface area contributed by atoms with Crippen molar-refractivity contribution < 1.29 is 9.18 Å². The molecule has 13 heavy (non-hydrogen) atoms. The number of hydrogen-bond donors (Lipinski definition) is 2. The fourth-order valence-corrected chi connectivity index (χ4v) is 0.822. The first-order valence-corrected chi connectivity index (χ1v) is 4.65. The van der Waals surface area contributed by atoms with Crippen LogP contribution in [0, 0.1) is 5.92 Å². The van der Waals surface area contributed by atoms with E-state index in [-0.39, 0.29) is 18.5 Å². The average molecular weight is 190 g/mol. The van der Waals surface area contributed by atoms with Gasteiger partial charge < -0.3 is 10.6 Å². The minimum atomic E-state index is -0.443. The summed E-state index contributed by atoms with van der Waals surface area (Å²) >= 11 is 0. The van der Waals surface area contributed by atoms with Crippen molar-refractivity contribution >= 4 is 5.91 Å². The number of hydrogen-bond acceptors (Lipinski definition) is 2. The van der Waals surface area contributed by atoms with Crippen LogP contribution >= 0.6 is 0 Å². The van der Waals surface area contributed by atoms with Crippen LogP contribution in [0.2, 0.25) is 0 Å². The molecule has 1 atom stereocenters. The zero-order valence-electron chi connectivity index (χ0n) is 8.56. The van der Waals surface area contributed by atoms with Crippen molar-refractivity contribution in [1.29, 1.82) is 0 Å². The topological polar surface area (TPSA) is 41.1 Å². The van der Waals surface area contributed by atoms with Gasteiger partial charge in [-0.05, 0) is 12.8 Å². The Labute approximate surface area is 79.1 Å². The van der Waals surface area contributed by atoms with Crippen LogP contribution in [0.15, 0.2) is 0 Å². The summed E-state index contributed by atoms with van der Waals surface area (Å²) in [5.41, 5.74) is 0. The Balaban J connectivity index is 3.57. The second kappa shape index (κ2) is 6.83. The maximum atomic E-state index is 11.7. The molecule has 0 radical (unpaired) electrons. The van der Waals surface area contributed by atoms with Gasteiger partial charge in [0.05, 0.1) is 6.04 Å². The molecule has 1 amide bonds. The molecule has 0 fully saturated rings. The van der Waals surface area contributed by atoms with Crippen LogP contribution in [-0.2, 0) is 4.79 Å². The van der Waals surface area contributed by atoms with Crippen molar-refractivity contribution in [1.82, 2.24) is 10.6 Å². The molecule has 0 bridgehead atoms. The molecule has 78 valence electrons. The monoisotopic (exact) mass is 190 g/mol. The molecule has 0 aromatic rings. The largest absolute Gasteiger partial charge is 0.354 e. The summed E-state index contributed by atoms with van der Waals surface area (Å²) < 4.78 is 11.7. The Bertz CT molecular complexity index is 151. The summed E-state index contributed by atoms with van der Waals surface area (Å²) in [5.74, 6) is 0.375. The highest BCUT2D eigenvalue weighted by Crippen LogP contribution is 1.88. The van der Waals surface area contributed by atoms with Crippen LogP contribution in [0.5, 0.6) is 0 Å². The highest BCUT2D eigenvalue weighted by atomic mass is 19.1. The third-order valence-electron chi connectivity index (χ3n) is 1.62. The lowest BCUT2D eigenvalue weighted by Crippen LogP contribution is -2.43. The lowest BCUT2D eigenvalue weighted by Gasteiger charge is -2.13. The highest BCUT2D eigenvalue weighted by molar-refractivity contribution is 5.81. The molecule has 3 nitrogen and oxygen atoms in total. The molecule has 0 aliphatic carbocycles. The van der Waals surface area contributed by atoms with Crippen molar-refractivity contribution in [2.75, 3.05) is 19.8 Å². The average Bonchev–Trinajstić information content (AvgIpc) is 2.10. The fourth-order valence-electron chi connectivity index (χ4n) is 0.822. The van der Waals surface area contributed by atoms with Gasteiger partial charge in [0.15, 0.2) is 0 Å². The Morgan fingerprint density at radius 1 is 1.38 bits per heavy atom. The molecular weight excluding hydrogens is 171 g/mol. The van der Waals surface area contributed by atoms with Crippen LogP contribution < -0.4 is 10.6 Å². The third-order valence-corrected chi connectivity index (χ3v) is 1.62. The van der Waals surface area contributed by atoms with E-state index in [9.17, 15) is 9.18 Å². The van der Waals surface area contributed by atoms with Gasteiger partial charge in [-0.15, -0.1) is 0 Å². The lowest BCUT2D eigenvalue weighted by molar-refractivity contribution is -0.122. The number of rotatable bonds is 6. The van der Waals surface area contributed by atoms with E-state index >= 15 is 0 Å². The molecule has 2 N–H and O–H groups in total. The molecule has 4 heteroatoms. The van der Waals surface area contributed by atoms with Gasteiger partial charge in [-0.1, -0.05) is 13.8 Å². The standard InChI is InChI=1S/C9H19FN2O/c1-7(2)6-12-9(13)8(3)11-5-4-10/h7-8,11H,4-6H2,1-3H3,(H,12,13). The quantitative estimate of drug-likeness (QED) is 0.647. The summed E-state index contributed by atoms with van der Waals surface area (Å²) in [4.78, 5) is 11.3. The molecule has 0 saturated carbocycles. The van der Waals surface area contributed by atoms with Crippen LogP contribution in [0.4, 0.5) is 4.39 Å². The van der Waals surface area contributed by atoms with Gasteiger partial charge in [-0.3, -0.25) is 4.79 Å². The van der Waals surface area contributed by atoms with Crippen molar-refractivity contribution in [3.05, 3.63) is 0 Å². The maximum Gasteiger partial charge on any atom is 0.236 e. The molecule has 1 unspecified atom stereocenters. The van der Waals surface area contributed by atoms with Crippen molar-refractivity contribution in [2.45, 2.75) is 26.8 Å². The lowest BCUT2D eigenvalue weighted by atomic mass is 10.2. The molecule has 0 saturated heterocycles. The predicted octanol–water partition coefficient (Wildman–Crippen LogP) is 0.706. The van der Waals surface area contributed by atoms with E-state index in [4.69, 9.17) is 0 Å². The van der Waals surface area contributed by atoms with E-state index in [1.165, 1.54) is 0 Å². The summed E-state index contributed by atoms with van der Waals surface area (Å²) in [5, 5.41) is 5.54. The zero-order valence-corrected chi connectivity index (χ0v) is 8.56. The van der Waals surface area contributed by atoms with Crippen LogP contribution in [-0.4, -0.2) is 31.7 Å². The molecular formula is C9H19FN2O. The third kappa shape index (κ3) is 6.51. The number of carbonyl (C=O) groups excluding carboxylic acids is 1. The van der Waals surface area contributed by atoms with Gasteiger partial charge >= 0.3 is 0 Å². The SMILES string of the molecule is CC(C)CNC(=O)C(C)NCCF. The van der Waals surface area contributed by atoms with E-state index in [1.807, 2.05) is 13.8 Å². The minimum Gasteiger partial charge on any atom is -0.354 e. The second-order valence-electron chi connectivity index (χ2n) is 3.50. The second-order valence-corrected chi connectivity index (χ2v) is 3.50. The summed E-state index contributed by atoms with van der Waals surface area (Å²) in [6.45, 7) is 6.24. The first-order chi connectivity index (χ1) is 6.07. The van der Waals surface area contributed by atoms with Crippen molar-refractivity contribution in [2.24, 2.45) is 5.92 Å². The number of halogens is 1. The van der Waals surface area contributed by atoms with Gasteiger partial charge in [0.2, 0.25) is 5.91 Å². The van der Waals surface area contributed by atoms with Gasteiger partial charge in [-0.25, -0.2) is 4.39 Å². The number of nitrogens with one attached hydrogen (secondary N) is 2. The smallest absolute Gasteiger partial charge is 0.236 e. The van der Waals surface area contributed by atoms with Gasteiger partial charge in [-0.2, -0.15) is 0 Å². The zero-order chi connectivity index (χ0) is 10.3. The highest BCUT2D eigenvalue weighted by Gasteiger charge is 2.10. The number of carbonyl (C=O) groups is 1. The van der Waals surface area contributed by atoms with E-state index in [0.717, 1.165) is 0 Å². The summed E-state index contributed by atoms with van der Waals surface area (Å²) in [7, 11) is 0. The summed E-state index contributed by atoms with van der Waals surface area (Å²) in [6, 6.07) is -0.311. The number of amides is 1. The Morgan fingerprint density at radius 3 is 2.46 bits per heavy atom. The van der Waals surface area contributed by atoms with Crippen LogP contribution in [0.25, 0.3) is 0 Å². The fraction of sp³-hybridized carbons (Fsp3) is 0.889. The molecule has 0 spiro atoms. The molecule has 0 aromatic carbocycles. The Morgan fingerprint density at radius 2 is 2.00 bits per heavy atom. The van der Waals surface area contributed by atoms with Crippen molar-refractivity contribution in [3.8, 4) is 0 Å². The van der Waals surface area contributed by atoms with Gasteiger partial charge in [0, 0.05) is 13.1 Å². The summed E-state index contributed by atoms with van der Waals surface area (Å²) in [6.07, 6.45) is 0. The molecule has 0 aliphatic rings. The van der Waals surface area contributed by atoms with E-state index in [1.54, 1.807) is 6.92 Å². The van der Waals surface area contributed by atoms with E-state index < -0.39 is 6.67 Å². The number of alkyl halides is 1. The Kier molecular flexibility index (Phi) is 6.49. The minimum absolute atomic E-state index is 0.0675. The normalized spacial score (nSPS) is 13.0. The van der Waals surface area contributed by atoms with Gasteiger partial charge in [0.1, 0.15) is 6.67 Å². The van der Waals surface area contributed by atoms with E-state index in [0.29, 0.717) is 12.5 Å². The predicted molar refractivity (Wildman–Crippen MR) is 51.3 cm³/mol.